The average Bonchev–Trinajstić information content (AvgIpc) is 2.63. The lowest BCUT2D eigenvalue weighted by Crippen LogP contribution is -2.35. The van der Waals surface area contributed by atoms with Gasteiger partial charge in [-0.15, -0.1) is 0 Å². The van der Waals surface area contributed by atoms with E-state index in [1.807, 2.05) is 45.0 Å². The molecule has 1 rings (SSSR count). The van der Waals surface area contributed by atoms with E-state index in [4.69, 9.17) is 19.7 Å². The zero-order valence-corrected chi connectivity index (χ0v) is 16.1. The van der Waals surface area contributed by atoms with E-state index in [1.165, 1.54) is 0 Å². The minimum Gasteiger partial charge on any atom is -0.491 e. The van der Waals surface area contributed by atoms with Crippen molar-refractivity contribution >= 4 is 11.9 Å². The normalized spacial score (nSPS) is 13.0. The minimum atomic E-state index is -1.26. The smallest absolute Gasteiger partial charge is 0.328 e. The molecule has 27 heavy (non-hydrogen) atoms. The number of aliphatic carboxylic acids is 2. The SMILES string of the molecule is COC(C)c1ccc(OCC(O)CNC(C)C)cc1.O=C(O)/C=C/C(=O)O. The Labute approximate surface area is 159 Å². The topological polar surface area (TPSA) is 125 Å². The third-order valence-electron chi connectivity index (χ3n) is 3.28. The number of benzene rings is 1. The summed E-state index contributed by atoms with van der Waals surface area (Å²) in [4.78, 5) is 19.1. The monoisotopic (exact) mass is 383 g/mol. The van der Waals surface area contributed by atoms with Gasteiger partial charge >= 0.3 is 11.9 Å². The fourth-order valence-corrected chi connectivity index (χ4v) is 1.74. The number of methoxy groups -OCH3 is 1. The first kappa shape index (κ1) is 24.6. The van der Waals surface area contributed by atoms with E-state index in [9.17, 15) is 14.7 Å². The molecule has 0 bridgehead atoms. The summed E-state index contributed by atoms with van der Waals surface area (Å²) in [5, 5.41) is 28.5. The van der Waals surface area contributed by atoms with Crippen molar-refractivity contribution in [1.82, 2.24) is 5.32 Å². The van der Waals surface area contributed by atoms with Crippen LogP contribution in [0.2, 0.25) is 0 Å². The fraction of sp³-hybridized carbons (Fsp3) is 0.474. The number of hydrogen-bond donors (Lipinski definition) is 4. The predicted molar refractivity (Wildman–Crippen MR) is 101 cm³/mol. The summed E-state index contributed by atoms with van der Waals surface area (Å²) >= 11 is 0. The van der Waals surface area contributed by atoms with Crippen LogP contribution in [-0.4, -0.2) is 59.7 Å². The van der Waals surface area contributed by atoms with Crippen molar-refractivity contribution in [3.05, 3.63) is 42.0 Å². The summed E-state index contributed by atoms with van der Waals surface area (Å²) in [6.07, 6.45) is 0.694. The van der Waals surface area contributed by atoms with E-state index in [-0.39, 0.29) is 6.10 Å². The average molecular weight is 383 g/mol. The molecule has 0 aliphatic heterocycles. The number of carboxylic acid groups (broad SMARTS) is 2. The molecule has 1 aromatic rings. The Kier molecular flexibility index (Phi) is 12.5. The maximum Gasteiger partial charge on any atom is 0.328 e. The summed E-state index contributed by atoms with van der Waals surface area (Å²) in [7, 11) is 1.69. The lowest BCUT2D eigenvalue weighted by molar-refractivity contribution is -0.134. The van der Waals surface area contributed by atoms with Gasteiger partial charge in [-0.1, -0.05) is 26.0 Å². The van der Waals surface area contributed by atoms with Crippen LogP contribution in [0, 0.1) is 0 Å². The summed E-state index contributed by atoms with van der Waals surface area (Å²) in [6, 6.07) is 8.11. The Morgan fingerprint density at radius 3 is 2.00 bits per heavy atom. The Hall–Kier alpha value is -2.42. The van der Waals surface area contributed by atoms with Crippen LogP contribution in [0.15, 0.2) is 36.4 Å². The van der Waals surface area contributed by atoms with Crippen LogP contribution in [-0.2, 0) is 14.3 Å². The van der Waals surface area contributed by atoms with Gasteiger partial charge in [0.25, 0.3) is 0 Å². The molecule has 0 radical (unpaired) electrons. The number of carboxylic acids is 2. The van der Waals surface area contributed by atoms with E-state index in [2.05, 4.69) is 5.32 Å². The Morgan fingerprint density at radius 2 is 1.59 bits per heavy atom. The second-order valence-corrected chi connectivity index (χ2v) is 5.98. The minimum absolute atomic E-state index is 0.0786. The number of nitrogens with one attached hydrogen (secondary N) is 1. The van der Waals surface area contributed by atoms with Crippen molar-refractivity contribution in [3.63, 3.8) is 0 Å². The van der Waals surface area contributed by atoms with Gasteiger partial charge in [0.1, 0.15) is 18.5 Å². The highest BCUT2D eigenvalue weighted by molar-refractivity contribution is 5.89. The Bertz CT molecular complexity index is 568. The van der Waals surface area contributed by atoms with Crippen molar-refractivity contribution < 1.29 is 34.4 Å². The van der Waals surface area contributed by atoms with Crippen molar-refractivity contribution in [2.45, 2.75) is 39.0 Å². The molecule has 2 atom stereocenters. The fourth-order valence-electron chi connectivity index (χ4n) is 1.74. The molecule has 152 valence electrons. The van der Waals surface area contributed by atoms with Crippen LogP contribution in [0.4, 0.5) is 0 Å². The van der Waals surface area contributed by atoms with Crippen LogP contribution < -0.4 is 10.1 Å². The van der Waals surface area contributed by atoms with Crippen LogP contribution in [0.25, 0.3) is 0 Å². The van der Waals surface area contributed by atoms with Crippen molar-refractivity contribution in [2.24, 2.45) is 0 Å². The molecule has 0 saturated carbocycles. The maximum absolute atomic E-state index is 9.73. The number of aliphatic hydroxyl groups excluding tert-OH is 1. The van der Waals surface area contributed by atoms with Gasteiger partial charge in [0, 0.05) is 31.8 Å². The number of rotatable bonds is 10. The molecule has 8 heteroatoms. The van der Waals surface area contributed by atoms with E-state index in [1.54, 1.807) is 7.11 Å². The van der Waals surface area contributed by atoms with E-state index in [0.717, 1.165) is 11.3 Å². The molecule has 0 saturated heterocycles. The van der Waals surface area contributed by atoms with Gasteiger partial charge in [-0.05, 0) is 24.6 Å². The predicted octanol–water partition coefficient (Wildman–Crippen LogP) is 1.84. The molecule has 8 nitrogen and oxygen atoms in total. The summed E-state index contributed by atoms with van der Waals surface area (Å²) in [5.41, 5.74) is 1.11. The van der Waals surface area contributed by atoms with E-state index >= 15 is 0 Å². The second-order valence-electron chi connectivity index (χ2n) is 5.98. The molecule has 0 amide bonds. The number of aliphatic hydroxyl groups is 1. The van der Waals surface area contributed by atoms with E-state index in [0.29, 0.717) is 31.3 Å². The molecular formula is C19H29NO7. The molecule has 0 fully saturated rings. The van der Waals surface area contributed by atoms with Gasteiger partial charge in [0.05, 0.1) is 6.10 Å². The number of ether oxygens (including phenoxy) is 2. The molecule has 0 aliphatic carbocycles. The lowest BCUT2D eigenvalue weighted by atomic mass is 10.1. The molecule has 1 aromatic carbocycles. The first-order valence-corrected chi connectivity index (χ1v) is 8.46. The molecule has 4 N–H and O–H groups in total. The highest BCUT2D eigenvalue weighted by atomic mass is 16.5. The van der Waals surface area contributed by atoms with Crippen LogP contribution in [0.3, 0.4) is 0 Å². The summed E-state index contributed by atoms with van der Waals surface area (Å²) < 4.78 is 10.8. The summed E-state index contributed by atoms with van der Waals surface area (Å²) in [5.74, 6) is -1.75. The summed E-state index contributed by atoms with van der Waals surface area (Å²) in [6.45, 7) is 6.92. The van der Waals surface area contributed by atoms with E-state index < -0.39 is 18.0 Å². The molecular weight excluding hydrogens is 354 g/mol. The highest BCUT2D eigenvalue weighted by Crippen LogP contribution is 2.19. The van der Waals surface area contributed by atoms with Gasteiger partial charge in [-0.25, -0.2) is 9.59 Å². The Morgan fingerprint density at radius 1 is 1.07 bits per heavy atom. The van der Waals surface area contributed by atoms with Gasteiger partial charge in [-0.3, -0.25) is 0 Å². The number of hydrogen-bond acceptors (Lipinski definition) is 6. The third-order valence-corrected chi connectivity index (χ3v) is 3.28. The zero-order chi connectivity index (χ0) is 20.8. The standard InChI is InChI=1S/C15H25NO3.C4H4O4/c1-11(2)16-9-14(17)10-19-15-7-5-13(6-8-15)12(3)18-4;5-3(6)1-2-4(7)8/h5-8,11-12,14,16-17H,9-10H2,1-4H3;1-2H,(H,5,6)(H,7,8)/b;2-1+. The van der Waals surface area contributed by atoms with Gasteiger partial charge in [0.15, 0.2) is 0 Å². The van der Waals surface area contributed by atoms with Crippen LogP contribution in [0.1, 0.15) is 32.4 Å². The van der Waals surface area contributed by atoms with Gasteiger partial charge in [-0.2, -0.15) is 0 Å². The highest BCUT2D eigenvalue weighted by Gasteiger charge is 2.07. The van der Waals surface area contributed by atoms with Gasteiger partial charge in [0.2, 0.25) is 0 Å². The molecule has 2 unspecified atom stereocenters. The Balaban J connectivity index is 0.000000713. The number of carbonyl (C=O) groups is 2. The largest absolute Gasteiger partial charge is 0.491 e. The first-order chi connectivity index (χ1) is 12.6. The lowest BCUT2D eigenvalue weighted by Gasteiger charge is -2.15. The molecule has 0 aliphatic rings. The quantitative estimate of drug-likeness (QED) is 0.451. The molecule has 0 heterocycles. The second kappa shape index (κ2) is 13.7. The van der Waals surface area contributed by atoms with Crippen molar-refractivity contribution in [2.75, 3.05) is 20.3 Å². The van der Waals surface area contributed by atoms with Crippen LogP contribution >= 0.6 is 0 Å². The molecule has 0 aromatic heterocycles. The molecule has 0 spiro atoms. The zero-order valence-electron chi connectivity index (χ0n) is 16.1. The maximum atomic E-state index is 9.73. The van der Waals surface area contributed by atoms with Crippen molar-refractivity contribution in [1.29, 1.82) is 0 Å². The van der Waals surface area contributed by atoms with Crippen LogP contribution in [0.5, 0.6) is 5.75 Å². The van der Waals surface area contributed by atoms with Crippen molar-refractivity contribution in [3.8, 4) is 5.75 Å². The first-order valence-electron chi connectivity index (χ1n) is 8.46. The third kappa shape index (κ3) is 13.4. The van der Waals surface area contributed by atoms with Gasteiger partial charge < -0.3 is 30.1 Å².